The molecule has 1 aliphatic heterocycles. The third kappa shape index (κ3) is 5.38. The molecular weight excluding hydrogens is 446 g/mol. The van der Waals surface area contributed by atoms with Crippen molar-refractivity contribution >= 4 is 39.8 Å². The second kappa shape index (κ2) is 11.1. The molecule has 2 heterocycles. The summed E-state index contributed by atoms with van der Waals surface area (Å²) in [4.78, 5) is 21.2. The lowest BCUT2D eigenvalue weighted by Crippen LogP contribution is -2.27. The number of aromatic amines is 1. The quantitative estimate of drug-likeness (QED) is 0.359. The van der Waals surface area contributed by atoms with Crippen LogP contribution in [0.2, 0.25) is 5.02 Å². The Balaban J connectivity index is 0.000000499. The summed E-state index contributed by atoms with van der Waals surface area (Å²) in [5.41, 5.74) is 5.41. The molecule has 0 bridgehead atoms. The van der Waals surface area contributed by atoms with E-state index in [1.807, 2.05) is 80.7 Å². The zero-order chi connectivity index (χ0) is 23.9. The molecule has 0 unspecified atom stereocenters. The van der Waals surface area contributed by atoms with E-state index in [1.54, 1.807) is 6.07 Å². The van der Waals surface area contributed by atoms with Crippen LogP contribution in [0.4, 0.5) is 5.69 Å². The van der Waals surface area contributed by atoms with Crippen molar-refractivity contribution in [1.29, 1.82) is 0 Å². The fraction of sp³-hybridized carbons (Fsp3) is 0.214. The van der Waals surface area contributed by atoms with Crippen LogP contribution in [-0.4, -0.2) is 35.9 Å². The number of benzene rings is 3. The third-order valence-corrected chi connectivity index (χ3v) is 5.86. The summed E-state index contributed by atoms with van der Waals surface area (Å²) in [5.74, 6) is -0.121. The molecule has 0 saturated carbocycles. The highest BCUT2D eigenvalue weighted by Crippen LogP contribution is 2.29. The average molecular weight is 474 g/mol. The van der Waals surface area contributed by atoms with E-state index in [0.717, 1.165) is 52.2 Å². The first-order valence-corrected chi connectivity index (χ1v) is 11.8. The molecule has 2 N–H and O–H groups in total. The molecular formula is C28H28ClN3O2. The van der Waals surface area contributed by atoms with Crippen molar-refractivity contribution in [3.05, 3.63) is 101 Å². The smallest absolute Gasteiger partial charge is 0.249 e. The van der Waals surface area contributed by atoms with Crippen LogP contribution in [0.3, 0.4) is 0 Å². The molecule has 0 radical (unpaired) electrons. The first kappa shape index (κ1) is 23.7. The van der Waals surface area contributed by atoms with Crippen molar-refractivity contribution in [3.63, 3.8) is 0 Å². The summed E-state index contributed by atoms with van der Waals surface area (Å²) in [5, 5.41) is 4.76. The normalized spacial score (nSPS) is 15.0. The van der Waals surface area contributed by atoms with E-state index in [0.29, 0.717) is 11.4 Å². The number of hydrogen-bond acceptors (Lipinski definition) is 3. The van der Waals surface area contributed by atoms with Crippen LogP contribution in [-0.2, 0) is 16.0 Å². The molecule has 5 nitrogen and oxygen atoms in total. The number of carbonyl (C=O) groups excluding carboxylic acids is 1. The number of para-hydroxylation sites is 1. The van der Waals surface area contributed by atoms with E-state index in [1.165, 1.54) is 0 Å². The number of hydrogen-bond donors (Lipinski definition) is 2. The maximum absolute atomic E-state index is 13.0. The SMILES string of the molecule is CCOCC.O=C1Nc2ccc(Cl)cc2C(c2ccccc2)=N[C@H]1Cc1c[nH]c2ccccc12. The molecule has 1 aromatic heterocycles. The number of nitrogens with one attached hydrogen (secondary N) is 2. The number of rotatable bonds is 5. The Morgan fingerprint density at radius 2 is 1.71 bits per heavy atom. The molecule has 1 atom stereocenters. The zero-order valence-corrected chi connectivity index (χ0v) is 20.1. The molecule has 1 aliphatic rings. The topological polar surface area (TPSA) is 66.5 Å². The Labute approximate surface area is 204 Å². The molecule has 0 aliphatic carbocycles. The predicted molar refractivity (Wildman–Crippen MR) is 140 cm³/mol. The van der Waals surface area contributed by atoms with Crippen LogP contribution >= 0.6 is 11.6 Å². The molecule has 5 rings (SSSR count). The monoisotopic (exact) mass is 473 g/mol. The number of carbonyl (C=O) groups is 1. The van der Waals surface area contributed by atoms with Crippen molar-refractivity contribution < 1.29 is 9.53 Å². The molecule has 4 aromatic rings. The second-order valence-electron chi connectivity index (χ2n) is 7.88. The molecule has 174 valence electrons. The lowest BCUT2D eigenvalue weighted by Gasteiger charge is -2.11. The van der Waals surface area contributed by atoms with Crippen molar-refractivity contribution in [3.8, 4) is 0 Å². The van der Waals surface area contributed by atoms with E-state index in [9.17, 15) is 4.79 Å². The van der Waals surface area contributed by atoms with Gasteiger partial charge in [0.15, 0.2) is 0 Å². The number of benzodiazepines with no additional fused rings is 1. The number of fused-ring (bicyclic) bond motifs is 2. The summed E-state index contributed by atoms with van der Waals surface area (Å²) in [6.45, 7) is 5.67. The number of amides is 1. The standard InChI is InChI=1S/C24H18ClN3O.C4H10O/c25-17-10-11-21-19(13-17)23(15-6-2-1-3-7-15)27-22(24(29)28-21)12-16-14-26-20-9-5-4-8-18(16)20;1-3-5-4-2/h1-11,13-14,22,26H,12H2,(H,28,29);3-4H2,1-2H3/t22-;/m0./s1. The number of aromatic nitrogens is 1. The molecule has 3 aromatic carbocycles. The summed E-state index contributed by atoms with van der Waals surface area (Å²) < 4.78 is 4.83. The van der Waals surface area contributed by atoms with Crippen molar-refractivity contribution in [2.75, 3.05) is 18.5 Å². The molecule has 34 heavy (non-hydrogen) atoms. The highest BCUT2D eigenvalue weighted by Gasteiger charge is 2.27. The summed E-state index contributed by atoms with van der Waals surface area (Å²) in [7, 11) is 0. The van der Waals surface area contributed by atoms with Crippen LogP contribution in [0, 0.1) is 0 Å². The maximum Gasteiger partial charge on any atom is 0.249 e. The van der Waals surface area contributed by atoms with Gasteiger partial charge in [-0.3, -0.25) is 9.79 Å². The van der Waals surface area contributed by atoms with E-state index >= 15 is 0 Å². The van der Waals surface area contributed by atoms with E-state index in [-0.39, 0.29) is 5.91 Å². The van der Waals surface area contributed by atoms with Gasteiger partial charge >= 0.3 is 0 Å². The minimum Gasteiger partial charge on any atom is -0.382 e. The van der Waals surface area contributed by atoms with Gasteiger partial charge in [0, 0.05) is 52.9 Å². The summed E-state index contributed by atoms with van der Waals surface area (Å²) in [6.07, 6.45) is 2.47. The Morgan fingerprint density at radius 1 is 0.971 bits per heavy atom. The van der Waals surface area contributed by atoms with Gasteiger partial charge in [0.2, 0.25) is 5.91 Å². The Kier molecular flexibility index (Phi) is 7.78. The van der Waals surface area contributed by atoms with E-state index in [4.69, 9.17) is 21.3 Å². The van der Waals surface area contributed by atoms with Crippen LogP contribution in [0.25, 0.3) is 10.9 Å². The number of halogens is 1. The Bertz CT molecular complexity index is 1300. The molecule has 0 saturated heterocycles. The lowest BCUT2D eigenvalue weighted by atomic mass is 10.0. The van der Waals surface area contributed by atoms with Crippen molar-refractivity contribution in [2.45, 2.75) is 26.3 Å². The predicted octanol–water partition coefficient (Wildman–Crippen LogP) is 6.26. The Morgan fingerprint density at radius 3 is 2.44 bits per heavy atom. The van der Waals surface area contributed by atoms with Gasteiger partial charge in [0.05, 0.1) is 11.4 Å². The van der Waals surface area contributed by atoms with Gasteiger partial charge < -0.3 is 15.0 Å². The minimum atomic E-state index is -0.546. The van der Waals surface area contributed by atoms with Crippen LogP contribution < -0.4 is 5.32 Å². The number of nitrogens with zero attached hydrogens (tertiary/aromatic N) is 1. The first-order chi connectivity index (χ1) is 16.6. The Hall–Kier alpha value is -3.41. The fourth-order valence-corrected chi connectivity index (χ4v) is 4.17. The van der Waals surface area contributed by atoms with Crippen LogP contribution in [0.1, 0.15) is 30.5 Å². The van der Waals surface area contributed by atoms with E-state index in [2.05, 4.69) is 16.4 Å². The van der Waals surface area contributed by atoms with E-state index < -0.39 is 6.04 Å². The third-order valence-electron chi connectivity index (χ3n) is 5.63. The van der Waals surface area contributed by atoms with Gasteiger partial charge in [-0.1, -0.05) is 60.1 Å². The molecule has 0 fully saturated rings. The summed E-state index contributed by atoms with van der Waals surface area (Å²) in [6, 6.07) is 22.9. The molecule has 1 amide bonds. The van der Waals surface area contributed by atoms with Gasteiger partial charge in [-0.15, -0.1) is 0 Å². The van der Waals surface area contributed by atoms with Gasteiger partial charge in [-0.25, -0.2) is 0 Å². The lowest BCUT2D eigenvalue weighted by molar-refractivity contribution is -0.117. The van der Waals surface area contributed by atoms with Gasteiger partial charge in [0.25, 0.3) is 0 Å². The number of aliphatic imine (C=N–C) groups is 1. The van der Waals surface area contributed by atoms with Crippen LogP contribution in [0.15, 0.2) is 84.0 Å². The van der Waals surface area contributed by atoms with Gasteiger partial charge in [-0.05, 0) is 43.7 Å². The number of ether oxygens (including phenoxy) is 1. The molecule has 6 heteroatoms. The zero-order valence-electron chi connectivity index (χ0n) is 19.3. The van der Waals surface area contributed by atoms with Crippen molar-refractivity contribution in [1.82, 2.24) is 4.98 Å². The fourth-order valence-electron chi connectivity index (χ4n) is 4.00. The average Bonchev–Trinajstić information content (AvgIpc) is 3.21. The number of anilines is 1. The second-order valence-corrected chi connectivity index (χ2v) is 8.32. The van der Waals surface area contributed by atoms with Gasteiger partial charge in [0.1, 0.15) is 6.04 Å². The first-order valence-electron chi connectivity index (χ1n) is 11.5. The van der Waals surface area contributed by atoms with Gasteiger partial charge in [-0.2, -0.15) is 0 Å². The minimum absolute atomic E-state index is 0.121. The molecule has 0 spiro atoms. The van der Waals surface area contributed by atoms with Crippen LogP contribution in [0.5, 0.6) is 0 Å². The highest BCUT2D eigenvalue weighted by atomic mass is 35.5. The number of H-pyrrole nitrogens is 1. The van der Waals surface area contributed by atoms with Crippen molar-refractivity contribution in [2.24, 2.45) is 4.99 Å². The largest absolute Gasteiger partial charge is 0.382 e. The summed E-state index contributed by atoms with van der Waals surface area (Å²) >= 11 is 6.26. The highest BCUT2D eigenvalue weighted by molar-refractivity contribution is 6.32. The maximum atomic E-state index is 13.0.